The first-order valence-electron chi connectivity index (χ1n) is 5.58. The highest BCUT2D eigenvalue weighted by Crippen LogP contribution is 2.19. The van der Waals surface area contributed by atoms with Gasteiger partial charge in [-0.2, -0.15) is 0 Å². The maximum Gasteiger partial charge on any atom is 0.235 e. The van der Waals surface area contributed by atoms with E-state index in [0.29, 0.717) is 11.6 Å². The minimum atomic E-state index is -0.360. The number of halogens is 1. The molecule has 3 nitrogen and oxygen atoms in total. The number of amides is 1. The highest BCUT2D eigenvalue weighted by molar-refractivity contribution is 6.30. The number of hydrogen-bond donors (Lipinski definition) is 2. The number of nitrogens with two attached hydrogens (primary N) is 1. The van der Waals surface area contributed by atoms with Gasteiger partial charge < -0.3 is 11.1 Å². The Morgan fingerprint density at radius 3 is 2.59 bits per heavy atom. The smallest absolute Gasteiger partial charge is 0.235 e. The van der Waals surface area contributed by atoms with Crippen molar-refractivity contribution in [3.63, 3.8) is 0 Å². The third-order valence-electron chi connectivity index (χ3n) is 2.55. The van der Waals surface area contributed by atoms with Crippen LogP contribution in [0, 0.1) is 5.41 Å². The molecule has 0 radical (unpaired) electrons. The van der Waals surface area contributed by atoms with Crippen LogP contribution in [0.25, 0.3) is 0 Å². The molecule has 0 aliphatic heterocycles. The largest absolute Gasteiger partial charge is 0.368 e. The molecular weight excluding hydrogens is 236 g/mol. The average Bonchev–Trinajstić information content (AvgIpc) is 2.15. The maximum absolute atomic E-state index is 11.4. The molecule has 1 unspecified atom stereocenters. The van der Waals surface area contributed by atoms with Crippen molar-refractivity contribution in [2.24, 2.45) is 11.1 Å². The van der Waals surface area contributed by atoms with E-state index in [1.54, 1.807) is 0 Å². The van der Waals surface area contributed by atoms with Crippen LogP contribution in [-0.2, 0) is 11.3 Å². The van der Waals surface area contributed by atoms with Crippen molar-refractivity contribution >= 4 is 17.5 Å². The highest BCUT2D eigenvalue weighted by Gasteiger charge is 2.28. The van der Waals surface area contributed by atoms with E-state index in [9.17, 15) is 4.79 Å². The maximum atomic E-state index is 11.4. The molecule has 0 heterocycles. The first-order chi connectivity index (χ1) is 7.80. The molecule has 0 fully saturated rings. The summed E-state index contributed by atoms with van der Waals surface area (Å²) in [7, 11) is 0. The van der Waals surface area contributed by atoms with E-state index in [0.717, 1.165) is 5.56 Å². The van der Waals surface area contributed by atoms with Crippen LogP contribution < -0.4 is 11.1 Å². The van der Waals surface area contributed by atoms with Gasteiger partial charge in [0.25, 0.3) is 0 Å². The van der Waals surface area contributed by atoms with Gasteiger partial charge in [0, 0.05) is 11.6 Å². The molecule has 1 aromatic carbocycles. The summed E-state index contributed by atoms with van der Waals surface area (Å²) < 4.78 is 0. The monoisotopic (exact) mass is 254 g/mol. The number of benzene rings is 1. The predicted octanol–water partition coefficient (Wildman–Crippen LogP) is 2.33. The van der Waals surface area contributed by atoms with Gasteiger partial charge in [-0.1, -0.05) is 44.5 Å². The Kier molecular flexibility index (Phi) is 4.54. The molecular formula is C13H19ClN2O. The zero-order chi connectivity index (χ0) is 13.1. The Labute approximate surface area is 107 Å². The fraction of sp³-hybridized carbons (Fsp3) is 0.462. The molecule has 0 aromatic heterocycles. The van der Waals surface area contributed by atoms with Crippen LogP contribution in [0.2, 0.25) is 5.02 Å². The van der Waals surface area contributed by atoms with Crippen LogP contribution >= 0.6 is 11.6 Å². The Bertz CT molecular complexity index is 399. The van der Waals surface area contributed by atoms with Crippen LogP contribution in [0.1, 0.15) is 26.3 Å². The van der Waals surface area contributed by atoms with Gasteiger partial charge in [0.05, 0.1) is 6.04 Å². The molecule has 0 saturated heterocycles. The van der Waals surface area contributed by atoms with E-state index < -0.39 is 0 Å². The fourth-order valence-electron chi connectivity index (χ4n) is 1.70. The third-order valence-corrected chi connectivity index (χ3v) is 2.78. The lowest BCUT2D eigenvalue weighted by Crippen LogP contribution is -2.49. The van der Waals surface area contributed by atoms with Gasteiger partial charge in [-0.25, -0.2) is 0 Å². The van der Waals surface area contributed by atoms with Crippen molar-refractivity contribution in [1.82, 2.24) is 5.32 Å². The summed E-state index contributed by atoms with van der Waals surface area (Å²) in [5.74, 6) is -0.334. The number of primary amides is 1. The molecule has 4 heteroatoms. The fourth-order valence-corrected chi connectivity index (χ4v) is 1.91. The summed E-state index contributed by atoms with van der Waals surface area (Å²) in [6.07, 6.45) is 0. The summed E-state index contributed by atoms with van der Waals surface area (Å²) in [6.45, 7) is 6.51. The molecule has 1 amide bonds. The van der Waals surface area contributed by atoms with Crippen LogP contribution in [0.4, 0.5) is 0 Å². The normalized spacial score (nSPS) is 13.4. The van der Waals surface area contributed by atoms with E-state index in [4.69, 9.17) is 17.3 Å². The average molecular weight is 255 g/mol. The Balaban J connectivity index is 2.68. The molecule has 3 N–H and O–H groups in total. The SMILES string of the molecule is CC(C)(C)C(NCc1cccc(Cl)c1)C(N)=O. The zero-order valence-electron chi connectivity index (χ0n) is 10.5. The van der Waals surface area contributed by atoms with E-state index in [1.165, 1.54) is 0 Å². The van der Waals surface area contributed by atoms with Crippen molar-refractivity contribution in [2.45, 2.75) is 33.4 Å². The Morgan fingerprint density at radius 2 is 2.12 bits per heavy atom. The number of rotatable bonds is 4. The van der Waals surface area contributed by atoms with E-state index in [-0.39, 0.29) is 17.4 Å². The molecule has 0 spiro atoms. The van der Waals surface area contributed by atoms with Crippen molar-refractivity contribution in [1.29, 1.82) is 0 Å². The van der Waals surface area contributed by atoms with E-state index in [2.05, 4.69) is 5.32 Å². The molecule has 0 aliphatic rings. The molecule has 94 valence electrons. The summed E-state index contributed by atoms with van der Waals surface area (Å²) >= 11 is 5.89. The van der Waals surface area contributed by atoms with Gasteiger partial charge in [-0.15, -0.1) is 0 Å². The lowest BCUT2D eigenvalue weighted by molar-refractivity contribution is -0.122. The van der Waals surface area contributed by atoms with E-state index in [1.807, 2.05) is 45.0 Å². The molecule has 0 bridgehead atoms. The van der Waals surface area contributed by atoms with Crippen LogP contribution in [0.3, 0.4) is 0 Å². The molecule has 1 atom stereocenters. The Hall–Kier alpha value is -1.06. The third kappa shape index (κ3) is 4.36. The molecule has 1 aromatic rings. The van der Waals surface area contributed by atoms with Crippen molar-refractivity contribution in [3.8, 4) is 0 Å². The van der Waals surface area contributed by atoms with Gasteiger partial charge in [0.2, 0.25) is 5.91 Å². The number of hydrogen-bond acceptors (Lipinski definition) is 2. The molecule has 17 heavy (non-hydrogen) atoms. The second kappa shape index (κ2) is 5.52. The first kappa shape index (κ1) is 14.0. The summed E-state index contributed by atoms with van der Waals surface area (Å²) in [6, 6.07) is 7.17. The molecule has 0 aliphatic carbocycles. The lowest BCUT2D eigenvalue weighted by Gasteiger charge is -2.28. The van der Waals surface area contributed by atoms with Crippen molar-refractivity contribution < 1.29 is 4.79 Å². The summed E-state index contributed by atoms with van der Waals surface area (Å²) in [5, 5.41) is 3.86. The van der Waals surface area contributed by atoms with Crippen molar-refractivity contribution in [3.05, 3.63) is 34.9 Å². The summed E-state index contributed by atoms with van der Waals surface area (Å²) in [4.78, 5) is 11.4. The van der Waals surface area contributed by atoms with Crippen molar-refractivity contribution in [2.75, 3.05) is 0 Å². The van der Waals surface area contributed by atoms with Crippen LogP contribution in [-0.4, -0.2) is 11.9 Å². The number of nitrogens with one attached hydrogen (secondary N) is 1. The van der Waals surface area contributed by atoms with Gasteiger partial charge in [-0.05, 0) is 23.1 Å². The van der Waals surface area contributed by atoms with Gasteiger partial charge >= 0.3 is 0 Å². The lowest BCUT2D eigenvalue weighted by atomic mass is 9.86. The second-order valence-electron chi connectivity index (χ2n) is 5.21. The van der Waals surface area contributed by atoms with Crippen LogP contribution in [0.5, 0.6) is 0 Å². The minimum Gasteiger partial charge on any atom is -0.368 e. The standard InChI is InChI=1S/C13H19ClN2O/c1-13(2,3)11(12(15)17)16-8-9-5-4-6-10(14)7-9/h4-7,11,16H,8H2,1-3H3,(H2,15,17). The molecule has 1 rings (SSSR count). The highest BCUT2D eigenvalue weighted by atomic mass is 35.5. The van der Waals surface area contributed by atoms with Crippen LogP contribution in [0.15, 0.2) is 24.3 Å². The second-order valence-corrected chi connectivity index (χ2v) is 5.65. The van der Waals surface area contributed by atoms with Gasteiger partial charge in [0.15, 0.2) is 0 Å². The zero-order valence-corrected chi connectivity index (χ0v) is 11.2. The predicted molar refractivity (Wildman–Crippen MR) is 70.7 cm³/mol. The van der Waals surface area contributed by atoms with Gasteiger partial charge in [0.1, 0.15) is 0 Å². The number of carbonyl (C=O) groups is 1. The van der Waals surface area contributed by atoms with Gasteiger partial charge in [-0.3, -0.25) is 4.79 Å². The minimum absolute atomic E-state index is 0.204. The van der Waals surface area contributed by atoms with E-state index >= 15 is 0 Å². The summed E-state index contributed by atoms with van der Waals surface area (Å²) in [5.41, 5.74) is 6.22. The Morgan fingerprint density at radius 1 is 1.47 bits per heavy atom. The number of carbonyl (C=O) groups excluding carboxylic acids is 1. The molecule has 0 saturated carbocycles. The quantitative estimate of drug-likeness (QED) is 0.867. The topological polar surface area (TPSA) is 55.1 Å². The first-order valence-corrected chi connectivity index (χ1v) is 5.95.